The second kappa shape index (κ2) is 7.34. The lowest BCUT2D eigenvalue weighted by Gasteiger charge is -2.20. The van der Waals surface area contributed by atoms with E-state index >= 15 is 0 Å². The number of methoxy groups -OCH3 is 1. The quantitative estimate of drug-likeness (QED) is 0.803. The number of carbonyl (C=O) groups excluding carboxylic acids is 1. The van der Waals surface area contributed by atoms with Crippen molar-refractivity contribution in [3.05, 3.63) is 46.4 Å². The first kappa shape index (κ1) is 18.8. The van der Waals surface area contributed by atoms with Gasteiger partial charge in [0, 0.05) is 24.1 Å². The third kappa shape index (κ3) is 3.75. The van der Waals surface area contributed by atoms with Crippen LogP contribution in [0, 0.1) is 0 Å². The van der Waals surface area contributed by atoms with Crippen LogP contribution in [-0.2, 0) is 14.8 Å². The Labute approximate surface area is 161 Å². The maximum atomic E-state index is 12.6. The number of anilines is 2. The molecule has 2 aromatic rings. The summed E-state index contributed by atoms with van der Waals surface area (Å²) < 4.78 is 33.0. The van der Waals surface area contributed by atoms with Gasteiger partial charge in [0.1, 0.15) is 10.6 Å². The van der Waals surface area contributed by atoms with E-state index in [-0.39, 0.29) is 26.5 Å². The SMILES string of the molecule is COc1cc(NS(=O)(=O)c2cc(Cl)ccc2Cl)ccc1N1CCCC1=O. The summed E-state index contributed by atoms with van der Waals surface area (Å²) in [5.74, 6) is 0.417. The number of hydrogen-bond acceptors (Lipinski definition) is 4. The molecular formula is C17H16Cl2N2O4S. The van der Waals surface area contributed by atoms with Crippen LogP contribution in [0.2, 0.25) is 10.0 Å². The number of nitrogens with one attached hydrogen (secondary N) is 1. The number of hydrogen-bond donors (Lipinski definition) is 1. The number of rotatable bonds is 5. The van der Waals surface area contributed by atoms with Gasteiger partial charge < -0.3 is 9.64 Å². The molecule has 0 unspecified atom stereocenters. The number of carbonyl (C=O) groups is 1. The molecule has 138 valence electrons. The van der Waals surface area contributed by atoms with Crippen LogP contribution in [0.15, 0.2) is 41.3 Å². The van der Waals surface area contributed by atoms with Gasteiger partial charge in [0.15, 0.2) is 0 Å². The van der Waals surface area contributed by atoms with Gasteiger partial charge in [0.25, 0.3) is 10.0 Å². The largest absolute Gasteiger partial charge is 0.494 e. The Bertz CT molecular complexity index is 963. The standard InChI is InChI=1S/C17H16Cl2N2O4S/c1-25-15-10-12(5-7-14(15)21-8-2-3-17(21)22)20-26(23,24)16-9-11(18)4-6-13(16)19/h4-7,9-10,20H,2-3,8H2,1H3. The topological polar surface area (TPSA) is 75.7 Å². The first-order valence-corrected chi connectivity index (χ1v) is 10.0. The van der Waals surface area contributed by atoms with Gasteiger partial charge in [-0.05, 0) is 36.8 Å². The lowest BCUT2D eigenvalue weighted by Crippen LogP contribution is -2.24. The lowest BCUT2D eigenvalue weighted by atomic mass is 10.2. The highest BCUT2D eigenvalue weighted by Crippen LogP contribution is 2.35. The zero-order chi connectivity index (χ0) is 18.9. The summed E-state index contributed by atoms with van der Waals surface area (Å²) in [7, 11) is -2.47. The van der Waals surface area contributed by atoms with E-state index in [4.69, 9.17) is 27.9 Å². The molecule has 6 nitrogen and oxygen atoms in total. The maximum absolute atomic E-state index is 12.6. The number of nitrogens with zero attached hydrogens (tertiary/aromatic N) is 1. The van der Waals surface area contributed by atoms with Crippen molar-refractivity contribution in [2.45, 2.75) is 17.7 Å². The van der Waals surface area contributed by atoms with Crippen LogP contribution < -0.4 is 14.4 Å². The number of amides is 1. The Morgan fingerprint density at radius 2 is 1.92 bits per heavy atom. The third-order valence-corrected chi connectivity index (χ3v) is 6.08. The van der Waals surface area contributed by atoms with E-state index in [2.05, 4.69) is 4.72 Å². The average Bonchev–Trinajstić information content (AvgIpc) is 3.02. The van der Waals surface area contributed by atoms with E-state index in [1.165, 1.54) is 31.4 Å². The molecule has 0 bridgehead atoms. The van der Waals surface area contributed by atoms with E-state index in [1.807, 2.05) is 0 Å². The van der Waals surface area contributed by atoms with Crippen LogP contribution in [-0.4, -0.2) is 28.0 Å². The smallest absolute Gasteiger partial charge is 0.263 e. The van der Waals surface area contributed by atoms with Gasteiger partial charge in [-0.2, -0.15) is 0 Å². The minimum atomic E-state index is -3.94. The molecule has 1 N–H and O–H groups in total. The fourth-order valence-corrected chi connectivity index (χ4v) is 4.57. The fourth-order valence-electron chi connectivity index (χ4n) is 2.76. The van der Waals surface area contributed by atoms with Crippen molar-refractivity contribution >= 4 is 50.5 Å². The van der Waals surface area contributed by atoms with E-state index in [0.717, 1.165) is 6.42 Å². The van der Waals surface area contributed by atoms with Crippen molar-refractivity contribution in [1.29, 1.82) is 0 Å². The highest BCUT2D eigenvalue weighted by Gasteiger charge is 2.25. The Morgan fingerprint density at radius 1 is 1.15 bits per heavy atom. The number of sulfonamides is 1. The molecule has 0 spiro atoms. The summed E-state index contributed by atoms with van der Waals surface area (Å²) >= 11 is 11.9. The molecule has 1 fully saturated rings. The molecule has 1 aliphatic rings. The average molecular weight is 415 g/mol. The summed E-state index contributed by atoms with van der Waals surface area (Å²) in [6.45, 7) is 0.610. The monoisotopic (exact) mass is 414 g/mol. The summed E-state index contributed by atoms with van der Waals surface area (Å²) in [4.78, 5) is 13.5. The molecule has 26 heavy (non-hydrogen) atoms. The Kier molecular flexibility index (Phi) is 5.32. The number of ether oxygens (including phenoxy) is 1. The van der Waals surface area contributed by atoms with Crippen molar-refractivity contribution in [3.8, 4) is 5.75 Å². The molecular weight excluding hydrogens is 399 g/mol. The first-order chi connectivity index (χ1) is 12.3. The van der Waals surface area contributed by atoms with Crippen LogP contribution in [0.1, 0.15) is 12.8 Å². The first-order valence-electron chi connectivity index (χ1n) is 7.78. The van der Waals surface area contributed by atoms with Gasteiger partial charge in [-0.3, -0.25) is 9.52 Å². The van der Waals surface area contributed by atoms with Crippen LogP contribution in [0.25, 0.3) is 0 Å². The Hall–Kier alpha value is -1.96. The number of halogens is 2. The minimum Gasteiger partial charge on any atom is -0.494 e. The molecule has 1 saturated heterocycles. The zero-order valence-corrected chi connectivity index (χ0v) is 16.2. The third-order valence-electron chi connectivity index (χ3n) is 3.98. The summed E-state index contributed by atoms with van der Waals surface area (Å²) in [5.41, 5.74) is 0.895. The van der Waals surface area contributed by atoms with Crippen LogP contribution in [0.4, 0.5) is 11.4 Å². The van der Waals surface area contributed by atoms with Gasteiger partial charge in [-0.15, -0.1) is 0 Å². The molecule has 0 aromatic heterocycles. The van der Waals surface area contributed by atoms with Gasteiger partial charge in [-0.1, -0.05) is 23.2 Å². The summed E-state index contributed by atoms with van der Waals surface area (Å²) in [6.07, 6.45) is 1.27. The van der Waals surface area contributed by atoms with Crippen molar-refractivity contribution in [1.82, 2.24) is 0 Å². The van der Waals surface area contributed by atoms with Crippen LogP contribution >= 0.6 is 23.2 Å². The maximum Gasteiger partial charge on any atom is 0.263 e. The molecule has 9 heteroatoms. The van der Waals surface area contributed by atoms with Crippen LogP contribution in [0.3, 0.4) is 0 Å². The van der Waals surface area contributed by atoms with Gasteiger partial charge in [0.05, 0.1) is 23.5 Å². The zero-order valence-electron chi connectivity index (χ0n) is 13.8. The van der Waals surface area contributed by atoms with E-state index in [1.54, 1.807) is 17.0 Å². The van der Waals surface area contributed by atoms with Crippen molar-refractivity contribution in [2.24, 2.45) is 0 Å². The van der Waals surface area contributed by atoms with Gasteiger partial charge in [0.2, 0.25) is 5.91 Å². The molecule has 1 aliphatic heterocycles. The highest BCUT2D eigenvalue weighted by molar-refractivity contribution is 7.92. The van der Waals surface area contributed by atoms with Gasteiger partial charge >= 0.3 is 0 Å². The minimum absolute atomic E-state index is 0.0161. The Balaban J connectivity index is 1.92. The second-order valence-electron chi connectivity index (χ2n) is 5.72. The molecule has 0 saturated carbocycles. The van der Waals surface area contributed by atoms with Crippen LogP contribution in [0.5, 0.6) is 5.75 Å². The predicted molar refractivity (Wildman–Crippen MR) is 102 cm³/mol. The molecule has 0 aliphatic carbocycles. The molecule has 1 heterocycles. The Morgan fingerprint density at radius 3 is 2.58 bits per heavy atom. The lowest BCUT2D eigenvalue weighted by molar-refractivity contribution is -0.117. The predicted octanol–water partition coefficient (Wildman–Crippen LogP) is 3.93. The highest BCUT2D eigenvalue weighted by atomic mass is 35.5. The van der Waals surface area contributed by atoms with E-state index in [9.17, 15) is 13.2 Å². The molecule has 1 amide bonds. The molecule has 0 atom stereocenters. The molecule has 2 aromatic carbocycles. The summed E-state index contributed by atoms with van der Waals surface area (Å²) in [5, 5.41) is 0.323. The summed E-state index contributed by atoms with van der Waals surface area (Å²) in [6, 6.07) is 8.95. The fraction of sp³-hybridized carbons (Fsp3) is 0.235. The molecule has 0 radical (unpaired) electrons. The second-order valence-corrected chi connectivity index (χ2v) is 8.21. The van der Waals surface area contributed by atoms with Crippen molar-refractivity contribution in [3.63, 3.8) is 0 Å². The molecule has 3 rings (SSSR count). The van der Waals surface area contributed by atoms with Crippen molar-refractivity contribution < 1.29 is 17.9 Å². The number of benzene rings is 2. The van der Waals surface area contributed by atoms with Crippen molar-refractivity contribution in [2.75, 3.05) is 23.3 Å². The van der Waals surface area contributed by atoms with Gasteiger partial charge in [-0.25, -0.2) is 8.42 Å². The van der Waals surface area contributed by atoms with E-state index < -0.39 is 10.0 Å². The normalized spacial score (nSPS) is 14.6. The van der Waals surface area contributed by atoms with E-state index in [0.29, 0.717) is 24.4 Å².